The highest BCUT2D eigenvalue weighted by Crippen LogP contribution is 2.32. The van der Waals surface area contributed by atoms with Crippen LogP contribution in [0.15, 0.2) is 24.4 Å². The second-order valence-electron chi connectivity index (χ2n) is 5.84. The van der Waals surface area contributed by atoms with Crippen molar-refractivity contribution in [3.8, 4) is 5.75 Å². The number of rotatable bonds is 6. The number of fused-ring (bicyclic) bond motifs is 1. The molecule has 2 heterocycles. The van der Waals surface area contributed by atoms with Gasteiger partial charge in [0.2, 0.25) is 0 Å². The van der Waals surface area contributed by atoms with Gasteiger partial charge in [-0.1, -0.05) is 11.6 Å². The van der Waals surface area contributed by atoms with Crippen LogP contribution < -0.4 is 5.32 Å². The lowest BCUT2D eigenvalue weighted by molar-refractivity contribution is 0.331. The molecule has 0 unspecified atom stereocenters. The highest BCUT2D eigenvalue weighted by molar-refractivity contribution is 6.35. The Hall–Kier alpha value is -0.780. The summed E-state index contributed by atoms with van der Waals surface area (Å²) in [7, 11) is 0. The molecule has 0 radical (unpaired) electrons. The lowest BCUT2D eigenvalue weighted by Crippen LogP contribution is -2.24. The van der Waals surface area contributed by atoms with Crippen LogP contribution >= 0.6 is 36.4 Å². The van der Waals surface area contributed by atoms with Gasteiger partial charge in [-0.3, -0.25) is 4.98 Å². The summed E-state index contributed by atoms with van der Waals surface area (Å²) in [4.78, 5) is 6.74. The Morgan fingerprint density at radius 2 is 2.00 bits per heavy atom. The van der Waals surface area contributed by atoms with Crippen molar-refractivity contribution in [1.29, 1.82) is 0 Å². The molecule has 1 aromatic carbocycles. The van der Waals surface area contributed by atoms with E-state index < -0.39 is 0 Å². The van der Waals surface area contributed by atoms with Crippen LogP contribution in [0.1, 0.15) is 24.8 Å². The Labute approximate surface area is 160 Å². The van der Waals surface area contributed by atoms with E-state index >= 15 is 0 Å². The van der Waals surface area contributed by atoms with E-state index in [-0.39, 0.29) is 30.6 Å². The van der Waals surface area contributed by atoms with Gasteiger partial charge in [-0.05, 0) is 63.6 Å². The summed E-state index contributed by atoms with van der Waals surface area (Å²) in [5, 5.41) is 15.1. The van der Waals surface area contributed by atoms with Gasteiger partial charge in [0.05, 0.1) is 5.02 Å². The first kappa shape index (κ1) is 21.3. The van der Waals surface area contributed by atoms with Crippen LogP contribution in [0.4, 0.5) is 0 Å². The van der Waals surface area contributed by atoms with E-state index in [1.165, 1.54) is 25.9 Å². The maximum absolute atomic E-state index is 10.3. The molecule has 24 heavy (non-hydrogen) atoms. The molecule has 1 fully saturated rings. The second kappa shape index (κ2) is 10.3. The minimum Gasteiger partial charge on any atom is -0.505 e. The molecule has 1 aromatic heterocycles. The SMILES string of the molecule is Cl.Cl.Oc1c(CNCCCN2CCCC2)cc(Cl)c2cccnc12. The molecular formula is C17H24Cl3N3O. The predicted octanol–water partition coefficient (Wildman–Crippen LogP) is 4.01. The summed E-state index contributed by atoms with van der Waals surface area (Å²) >= 11 is 6.27. The van der Waals surface area contributed by atoms with Gasteiger partial charge in [0.25, 0.3) is 0 Å². The van der Waals surface area contributed by atoms with Gasteiger partial charge in [0, 0.05) is 23.7 Å². The van der Waals surface area contributed by atoms with Gasteiger partial charge in [0.15, 0.2) is 0 Å². The topological polar surface area (TPSA) is 48.4 Å². The standard InChI is InChI=1S/C17H22ClN3O.2ClH/c18-15-11-13(17(22)16-14(15)5-3-7-20-16)12-19-6-4-10-21-8-1-2-9-21;;/h3,5,7,11,19,22H,1-2,4,6,8-10,12H2;2*1H. The average Bonchev–Trinajstić information content (AvgIpc) is 3.05. The molecule has 1 aliphatic heterocycles. The number of phenolic OH excluding ortho intramolecular Hbond substituents is 1. The fourth-order valence-corrected chi connectivity index (χ4v) is 3.31. The van der Waals surface area contributed by atoms with E-state index in [1.54, 1.807) is 6.20 Å². The lowest BCUT2D eigenvalue weighted by Gasteiger charge is -2.14. The normalized spacial score (nSPS) is 14.4. The number of phenols is 1. The number of benzene rings is 1. The summed E-state index contributed by atoms with van der Waals surface area (Å²) in [5.74, 6) is 0.229. The summed E-state index contributed by atoms with van der Waals surface area (Å²) in [6, 6.07) is 5.52. The molecule has 4 nitrogen and oxygen atoms in total. The third-order valence-corrected chi connectivity index (χ3v) is 4.55. The fraction of sp³-hybridized carbons (Fsp3) is 0.471. The minimum absolute atomic E-state index is 0. The molecule has 0 spiro atoms. The molecular weight excluding hydrogens is 369 g/mol. The van der Waals surface area contributed by atoms with E-state index in [9.17, 15) is 5.11 Å². The number of hydrogen-bond donors (Lipinski definition) is 2. The second-order valence-corrected chi connectivity index (χ2v) is 6.25. The van der Waals surface area contributed by atoms with Crippen LogP contribution in [0, 0.1) is 0 Å². The van der Waals surface area contributed by atoms with Crippen LogP contribution in [0.25, 0.3) is 10.9 Å². The Morgan fingerprint density at radius 1 is 1.25 bits per heavy atom. The third-order valence-electron chi connectivity index (χ3n) is 4.24. The maximum Gasteiger partial charge on any atom is 0.146 e. The van der Waals surface area contributed by atoms with E-state index in [1.807, 2.05) is 18.2 Å². The number of aromatic nitrogens is 1. The van der Waals surface area contributed by atoms with E-state index in [4.69, 9.17) is 11.6 Å². The fourth-order valence-electron chi connectivity index (χ4n) is 3.03. The number of aromatic hydroxyl groups is 1. The largest absolute Gasteiger partial charge is 0.505 e. The molecule has 1 aliphatic rings. The molecule has 7 heteroatoms. The number of nitrogens with zero attached hydrogens (tertiary/aromatic N) is 2. The summed E-state index contributed by atoms with van der Waals surface area (Å²) in [5.41, 5.74) is 1.38. The zero-order valence-electron chi connectivity index (χ0n) is 13.5. The van der Waals surface area contributed by atoms with Crippen molar-refractivity contribution in [2.24, 2.45) is 0 Å². The first-order chi connectivity index (χ1) is 10.8. The first-order valence-electron chi connectivity index (χ1n) is 7.94. The van der Waals surface area contributed by atoms with Crippen LogP contribution in [0.5, 0.6) is 5.75 Å². The van der Waals surface area contributed by atoms with E-state index in [2.05, 4.69) is 15.2 Å². The molecule has 0 amide bonds. The average molecular weight is 393 g/mol. The first-order valence-corrected chi connectivity index (χ1v) is 8.31. The van der Waals surface area contributed by atoms with Gasteiger partial charge < -0.3 is 15.3 Å². The van der Waals surface area contributed by atoms with Crippen molar-refractivity contribution < 1.29 is 5.11 Å². The lowest BCUT2D eigenvalue weighted by atomic mass is 10.1. The highest BCUT2D eigenvalue weighted by Gasteiger charge is 2.12. The van der Waals surface area contributed by atoms with Crippen molar-refractivity contribution in [1.82, 2.24) is 15.2 Å². The molecule has 134 valence electrons. The third kappa shape index (κ3) is 5.11. The Morgan fingerprint density at radius 3 is 2.75 bits per heavy atom. The maximum atomic E-state index is 10.3. The van der Waals surface area contributed by atoms with Crippen molar-refractivity contribution in [3.05, 3.63) is 35.0 Å². The Kier molecular flexibility index (Phi) is 9.09. The molecule has 1 saturated heterocycles. The Bertz CT molecular complexity index is 648. The number of pyridine rings is 1. The zero-order valence-corrected chi connectivity index (χ0v) is 15.9. The zero-order chi connectivity index (χ0) is 15.4. The van der Waals surface area contributed by atoms with Gasteiger partial charge in [-0.15, -0.1) is 24.8 Å². The van der Waals surface area contributed by atoms with Crippen LogP contribution in [-0.2, 0) is 6.54 Å². The van der Waals surface area contributed by atoms with Crippen LogP contribution in [-0.4, -0.2) is 41.2 Å². The van der Waals surface area contributed by atoms with E-state index in [0.29, 0.717) is 17.1 Å². The number of hydrogen-bond acceptors (Lipinski definition) is 4. The molecule has 2 N–H and O–H groups in total. The molecule has 0 saturated carbocycles. The number of nitrogens with one attached hydrogen (secondary N) is 1. The summed E-state index contributed by atoms with van der Waals surface area (Å²) in [6.45, 7) is 5.18. The summed E-state index contributed by atoms with van der Waals surface area (Å²) < 4.78 is 0. The van der Waals surface area contributed by atoms with Gasteiger partial charge >= 0.3 is 0 Å². The van der Waals surface area contributed by atoms with Crippen LogP contribution in [0.3, 0.4) is 0 Å². The smallest absolute Gasteiger partial charge is 0.146 e. The molecule has 0 aliphatic carbocycles. The van der Waals surface area contributed by atoms with Crippen molar-refractivity contribution in [2.45, 2.75) is 25.8 Å². The summed E-state index contributed by atoms with van der Waals surface area (Å²) in [6.07, 6.45) is 5.47. The van der Waals surface area contributed by atoms with Crippen molar-refractivity contribution >= 4 is 47.3 Å². The molecule has 2 aromatic rings. The highest BCUT2D eigenvalue weighted by atomic mass is 35.5. The van der Waals surface area contributed by atoms with Gasteiger partial charge in [0.1, 0.15) is 11.3 Å². The Balaban J connectivity index is 0.00000144. The number of likely N-dealkylation sites (tertiary alicyclic amines) is 1. The number of halogens is 3. The monoisotopic (exact) mass is 391 g/mol. The minimum atomic E-state index is 0. The molecule has 3 rings (SSSR count). The quantitative estimate of drug-likeness (QED) is 0.729. The van der Waals surface area contributed by atoms with Crippen LogP contribution in [0.2, 0.25) is 5.02 Å². The van der Waals surface area contributed by atoms with Crippen molar-refractivity contribution in [3.63, 3.8) is 0 Å². The predicted molar refractivity (Wildman–Crippen MR) is 105 cm³/mol. The molecule has 0 bridgehead atoms. The van der Waals surface area contributed by atoms with Crippen molar-refractivity contribution in [2.75, 3.05) is 26.2 Å². The molecule has 0 atom stereocenters. The van der Waals surface area contributed by atoms with E-state index in [0.717, 1.165) is 30.5 Å². The van der Waals surface area contributed by atoms with Gasteiger partial charge in [-0.25, -0.2) is 0 Å². The van der Waals surface area contributed by atoms with Gasteiger partial charge in [-0.2, -0.15) is 0 Å².